The molecule has 0 aliphatic heterocycles. The first-order chi connectivity index (χ1) is 8.91. The van der Waals surface area contributed by atoms with Gasteiger partial charge in [0.05, 0.1) is 17.2 Å². The molecule has 7 heteroatoms. The minimum absolute atomic E-state index is 0.0237. The Morgan fingerprint density at radius 1 is 1.42 bits per heavy atom. The predicted octanol–water partition coefficient (Wildman–Crippen LogP) is 0.194. The van der Waals surface area contributed by atoms with Crippen LogP contribution in [0.25, 0.3) is 0 Å². The molecule has 19 heavy (non-hydrogen) atoms. The van der Waals surface area contributed by atoms with E-state index in [2.05, 4.69) is 5.32 Å². The zero-order chi connectivity index (χ0) is 14.5. The number of anilines is 1. The van der Waals surface area contributed by atoms with Gasteiger partial charge < -0.3 is 15.8 Å². The normalized spacial score (nSPS) is 12.9. The SMILES string of the molecule is COCCNC(=O)C(C)S(=O)(=O)c1ccccc1N. The number of methoxy groups -OCH3 is 1. The molecule has 0 fully saturated rings. The van der Waals surface area contributed by atoms with E-state index in [1.807, 2.05) is 0 Å². The molecule has 0 radical (unpaired) electrons. The van der Waals surface area contributed by atoms with Gasteiger partial charge in [0.1, 0.15) is 5.25 Å². The van der Waals surface area contributed by atoms with E-state index < -0.39 is 21.0 Å². The lowest BCUT2D eigenvalue weighted by Crippen LogP contribution is -2.39. The summed E-state index contributed by atoms with van der Waals surface area (Å²) in [5.41, 5.74) is 5.77. The van der Waals surface area contributed by atoms with Gasteiger partial charge in [0, 0.05) is 13.7 Å². The average molecular weight is 286 g/mol. The van der Waals surface area contributed by atoms with E-state index in [1.54, 1.807) is 12.1 Å². The molecular formula is C12H18N2O4S. The molecule has 1 aromatic rings. The van der Waals surface area contributed by atoms with Crippen molar-refractivity contribution in [1.82, 2.24) is 5.32 Å². The van der Waals surface area contributed by atoms with Gasteiger partial charge in [-0.05, 0) is 19.1 Å². The Morgan fingerprint density at radius 2 is 2.05 bits per heavy atom. The summed E-state index contributed by atoms with van der Waals surface area (Å²) in [7, 11) is -2.29. The molecule has 0 aliphatic rings. The molecule has 1 aromatic carbocycles. The molecule has 0 aliphatic carbocycles. The monoisotopic (exact) mass is 286 g/mol. The number of nitrogen functional groups attached to an aromatic ring is 1. The van der Waals surface area contributed by atoms with Crippen molar-refractivity contribution in [3.63, 3.8) is 0 Å². The number of carbonyl (C=O) groups excluding carboxylic acids is 1. The summed E-state index contributed by atoms with van der Waals surface area (Å²) in [6, 6.07) is 6.09. The number of sulfone groups is 1. The van der Waals surface area contributed by atoms with Crippen LogP contribution in [0.4, 0.5) is 5.69 Å². The van der Waals surface area contributed by atoms with E-state index in [9.17, 15) is 13.2 Å². The first kappa shape index (κ1) is 15.5. The van der Waals surface area contributed by atoms with E-state index in [0.717, 1.165) is 0 Å². The van der Waals surface area contributed by atoms with Crippen LogP contribution in [-0.2, 0) is 19.4 Å². The van der Waals surface area contributed by atoms with Crippen molar-refractivity contribution in [2.75, 3.05) is 26.0 Å². The lowest BCUT2D eigenvalue weighted by molar-refractivity contribution is -0.120. The van der Waals surface area contributed by atoms with Crippen LogP contribution < -0.4 is 11.1 Å². The van der Waals surface area contributed by atoms with Gasteiger partial charge in [-0.3, -0.25) is 4.79 Å². The summed E-state index contributed by atoms with van der Waals surface area (Å²) in [6.07, 6.45) is 0. The van der Waals surface area contributed by atoms with Crippen LogP contribution in [0.5, 0.6) is 0 Å². The number of ether oxygens (including phenoxy) is 1. The number of amides is 1. The van der Waals surface area contributed by atoms with Crippen LogP contribution >= 0.6 is 0 Å². The fourth-order valence-corrected chi connectivity index (χ4v) is 2.90. The minimum atomic E-state index is -3.78. The van der Waals surface area contributed by atoms with Crippen molar-refractivity contribution in [1.29, 1.82) is 0 Å². The summed E-state index contributed by atoms with van der Waals surface area (Å²) < 4.78 is 29.3. The van der Waals surface area contributed by atoms with Crippen molar-refractivity contribution >= 4 is 21.4 Å². The smallest absolute Gasteiger partial charge is 0.238 e. The second-order valence-corrected chi connectivity index (χ2v) is 6.25. The van der Waals surface area contributed by atoms with Crippen LogP contribution in [0.15, 0.2) is 29.2 Å². The van der Waals surface area contributed by atoms with E-state index in [4.69, 9.17) is 10.5 Å². The third kappa shape index (κ3) is 3.68. The van der Waals surface area contributed by atoms with Crippen molar-refractivity contribution < 1.29 is 17.9 Å². The van der Waals surface area contributed by atoms with Crippen molar-refractivity contribution in [3.05, 3.63) is 24.3 Å². The molecule has 1 unspecified atom stereocenters. The highest BCUT2D eigenvalue weighted by atomic mass is 32.2. The van der Waals surface area contributed by atoms with E-state index in [1.165, 1.54) is 26.2 Å². The van der Waals surface area contributed by atoms with Gasteiger partial charge >= 0.3 is 0 Å². The maximum atomic E-state index is 12.3. The molecule has 0 saturated carbocycles. The quantitative estimate of drug-likeness (QED) is 0.575. The first-order valence-electron chi connectivity index (χ1n) is 5.76. The number of rotatable bonds is 6. The van der Waals surface area contributed by atoms with Crippen LogP contribution in [0, 0.1) is 0 Å². The van der Waals surface area contributed by atoms with Gasteiger partial charge in [-0.25, -0.2) is 8.42 Å². The summed E-state index contributed by atoms with van der Waals surface area (Å²) in [6.45, 7) is 1.93. The molecule has 0 saturated heterocycles. The van der Waals surface area contributed by atoms with Gasteiger partial charge in [0.15, 0.2) is 9.84 Å². The molecule has 1 rings (SSSR count). The maximum absolute atomic E-state index is 12.3. The van der Waals surface area contributed by atoms with Gasteiger partial charge in [0.25, 0.3) is 0 Å². The van der Waals surface area contributed by atoms with E-state index in [-0.39, 0.29) is 17.1 Å². The number of para-hydroxylation sites is 1. The highest BCUT2D eigenvalue weighted by Crippen LogP contribution is 2.22. The van der Waals surface area contributed by atoms with Crippen LogP contribution in [0.2, 0.25) is 0 Å². The Bertz CT molecular complexity index is 542. The third-order valence-electron chi connectivity index (χ3n) is 2.67. The van der Waals surface area contributed by atoms with Crippen LogP contribution in [0.3, 0.4) is 0 Å². The molecule has 0 aromatic heterocycles. The van der Waals surface area contributed by atoms with Crippen LogP contribution in [0.1, 0.15) is 6.92 Å². The summed E-state index contributed by atoms with van der Waals surface area (Å²) in [5.74, 6) is -0.569. The number of nitrogens with two attached hydrogens (primary N) is 1. The number of nitrogens with one attached hydrogen (secondary N) is 1. The standard InChI is InChI=1S/C12H18N2O4S/c1-9(12(15)14-7-8-18-2)19(16,17)11-6-4-3-5-10(11)13/h3-6,9H,7-8,13H2,1-2H3,(H,14,15). The third-order valence-corrected chi connectivity index (χ3v) is 4.80. The largest absolute Gasteiger partial charge is 0.398 e. The van der Waals surface area contributed by atoms with Crippen molar-refractivity contribution in [3.8, 4) is 0 Å². The topological polar surface area (TPSA) is 98.5 Å². The van der Waals surface area contributed by atoms with Gasteiger partial charge in [-0.2, -0.15) is 0 Å². The number of carbonyl (C=O) groups is 1. The molecule has 1 atom stereocenters. The lowest BCUT2D eigenvalue weighted by Gasteiger charge is -2.14. The average Bonchev–Trinajstić information content (AvgIpc) is 2.38. The Balaban J connectivity index is 2.89. The van der Waals surface area contributed by atoms with Crippen molar-refractivity contribution in [2.45, 2.75) is 17.1 Å². The van der Waals surface area contributed by atoms with Gasteiger partial charge in [-0.15, -0.1) is 0 Å². The first-order valence-corrected chi connectivity index (χ1v) is 7.31. The van der Waals surface area contributed by atoms with Gasteiger partial charge in [-0.1, -0.05) is 12.1 Å². The van der Waals surface area contributed by atoms with Gasteiger partial charge in [0.2, 0.25) is 5.91 Å². The summed E-state index contributed by atoms with van der Waals surface area (Å²) in [5, 5.41) is 1.29. The Hall–Kier alpha value is -1.60. The second-order valence-electron chi connectivity index (χ2n) is 4.01. The lowest BCUT2D eigenvalue weighted by atomic mass is 10.3. The zero-order valence-corrected chi connectivity index (χ0v) is 11.7. The molecule has 3 N–H and O–H groups in total. The molecule has 0 heterocycles. The zero-order valence-electron chi connectivity index (χ0n) is 10.9. The van der Waals surface area contributed by atoms with E-state index in [0.29, 0.717) is 6.61 Å². The van der Waals surface area contributed by atoms with Crippen molar-refractivity contribution in [2.24, 2.45) is 0 Å². The molecule has 0 spiro atoms. The highest BCUT2D eigenvalue weighted by molar-refractivity contribution is 7.93. The second kappa shape index (κ2) is 6.53. The molecule has 1 amide bonds. The number of hydrogen-bond donors (Lipinski definition) is 2. The van der Waals surface area contributed by atoms with E-state index >= 15 is 0 Å². The highest BCUT2D eigenvalue weighted by Gasteiger charge is 2.30. The molecule has 0 bridgehead atoms. The fourth-order valence-electron chi connectivity index (χ4n) is 1.49. The van der Waals surface area contributed by atoms with Crippen LogP contribution in [-0.4, -0.2) is 39.8 Å². The number of benzene rings is 1. The maximum Gasteiger partial charge on any atom is 0.238 e. The number of hydrogen-bond acceptors (Lipinski definition) is 5. The minimum Gasteiger partial charge on any atom is -0.398 e. The summed E-state index contributed by atoms with van der Waals surface area (Å²) in [4.78, 5) is 11.7. The predicted molar refractivity (Wildman–Crippen MR) is 72.4 cm³/mol. The molecule has 6 nitrogen and oxygen atoms in total. The molecular weight excluding hydrogens is 268 g/mol. The summed E-state index contributed by atoms with van der Waals surface area (Å²) >= 11 is 0. The Morgan fingerprint density at radius 3 is 2.63 bits per heavy atom. The molecule has 106 valence electrons. The Kier molecular flexibility index (Phi) is 5.31. The fraction of sp³-hybridized carbons (Fsp3) is 0.417. The Labute approximate surface area is 112 Å².